The molecule has 1 aromatic carbocycles. The molecule has 1 saturated heterocycles. The smallest absolute Gasteiger partial charge is 0.241 e. The third-order valence-electron chi connectivity index (χ3n) is 3.08. The largest absolute Gasteiger partial charge is 0.493 e. The summed E-state index contributed by atoms with van der Waals surface area (Å²) in [6.45, 7) is 0.448. The molecule has 0 radical (unpaired) electrons. The summed E-state index contributed by atoms with van der Waals surface area (Å²) in [5.74, 6) is 0.999. The van der Waals surface area contributed by atoms with Crippen molar-refractivity contribution in [2.75, 3.05) is 26.1 Å². The van der Waals surface area contributed by atoms with Crippen LogP contribution >= 0.6 is 12.4 Å². The summed E-state index contributed by atoms with van der Waals surface area (Å²) >= 11 is 0. The summed E-state index contributed by atoms with van der Waals surface area (Å²) in [5.41, 5.74) is 0.630. The Hall–Kier alpha value is -1.50. The second-order valence-electron chi connectivity index (χ2n) is 4.41. The standard InChI is InChI=1S/C13H18N2O4.ClH/c1-18-11-4-3-8(5-12(11)19-2)15-13(17)10-6-9(16)7-14-10;/h3-5,9-10,14,16H,6-7H2,1-2H3,(H,15,17);1H. The minimum Gasteiger partial charge on any atom is -0.493 e. The molecule has 1 heterocycles. The van der Waals surface area contributed by atoms with Crippen molar-refractivity contribution < 1.29 is 19.4 Å². The number of halogens is 1. The lowest BCUT2D eigenvalue weighted by Gasteiger charge is -2.13. The average molecular weight is 303 g/mol. The maximum atomic E-state index is 12.0. The third kappa shape index (κ3) is 3.75. The highest BCUT2D eigenvalue weighted by Gasteiger charge is 2.28. The van der Waals surface area contributed by atoms with E-state index in [-0.39, 0.29) is 24.4 Å². The monoisotopic (exact) mass is 302 g/mol. The van der Waals surface area contributed by atoms with E-state index >= 15 is 0 Å². The molecule has 2 rings (SSSR count). The number of aliphatic hydroxyl groups is 1. The van der Waals surface area contributed by atoms with Gasteiger partial charge in [0.1, 0.15) is 0 Å². The number of amides is 1. The van der Waals surface area contributed by atoms with Crippen molar-refractivity contribution in [2.45, 2.75) is 18.6 Å². The molecule has 6 nitrogen and oxygen atoms in total. The number of carbonyl (C=O) groups is 1. The van der Waals surface area contributed by atoms with E-state index in [9.17, 15) is 9.90 Å². The molecule has 1 aliphatic rings. The Balaban J connectivity index is 0.00000200. The van der Waals surface area contributed by atoms with Crippen molar-refractivity contribution >= 4 is 24.0 Å². The molecule has 112 valence electrons. The van der Waals surface area contributed by atoms with Crippen LogP contribution in [0.1, 0.15) is 6.42 Å². The van der Waals surface area contributed by atoms with E-state index < -0.39 is 6.10 Å². The van der Waals surface area contributed by atoms with E-state index in [1.807, 2.05) is 0 Å². The van der Waals surface area contributed by atoms with Gasteiger partial charge >= 0.3 is 0 Å². The van der Waals surface area contributed by atoms with Crippen molar-refractivity contribution in [2.24, 2.45) is 0 Å². The number of carbonyl (C=O) groups excluding carboxylic acids is 1. The van der Waals surface area contributed by atoms with Crippen molar-refractivity contribution in [1.82, 2.24) is 5.32 Å². The lowest BCUT2D eigenvalue weighted by atomic mass is 10.2. The van der Waals surface area contributed by atoms with Crippen LogP contribution in [0.3, 0.4) is 0 Å². The van der Waals surface area contributed by atoms with Gasteiger partial charge in [-0.25, -0.2) is 0 Å². The molecule has 2 atom stereocenters. The Bertz CT molecular complexity index is 470. The first-order valence-corrected chi connectivity index (χ1v) is 6.08. The summed E-state index contributed by atoms with van der Waals surface area (Å²) in [6.07, 6.45) is -0.0276. The number of hydrogen-bond acceptors (Lipinski definition) is 5. The van der Waals surface area contributed by atoms with E-state index in [1.165, 1.54) is 0 Å². The molecule has 2 unspecified atom stereocenters. The van der Waals surface area contributed by atoms with Gasteiger partial charge in [0.25, 0.3) is 0 Å². The highest BCUT2D eigenvalue weighted by Crippen LogP contribution is 2.29. The van der Waals surface area contributed by atoms with Crippen LogP contribution in [0.2, 0.25) is 0 Å². The number of anilines is 1. The van der Waals surface area contributed by atoms with E-state index in [4.69, 9.17) is 9.47 Å². The fourth-order valence-corrected chi connectivity index (χ4v) is 2.06. The zero-order valence-corrected chi connectivity index (χ0v) is 12.2. The van der Waals surface area contributed by atoms with Crippen LogP contribution < -0.4 is 20.1 Å². The number of methoxy groups -OCH3 is 2. The van der Waals surface area contributed by atoms with Crippen LogP contribution in [-0.2, 0) is 4.79 Å². The first kappa shape index (κ1) is 16.6. The molecule has 7 heteroatoms. The molecule has 1 aromatic rings. The lowest BCUT2D eigenvalue weighted by Crippen LogP contribution is -2.35. The van der Waals surface area contributed by atoms with Crippen molar-refractivity contribution in [3.63, 3.8) is 0 Å². The van der Waals surface area contributed by atoms with Crippen molar-refractivity contribution in [3.8, 4) is 11.5 Å². The van der Waals surface area contributed by atoms with Crippen LogP contribution in [0.15, 0.2) is 18.2 Å². The van der Waals surface area contributed by atoms with Gasteiger partial charge in [0.05, 0.1) is 26.4 Å². The summed E-state index contributed by atoms with van der Waals surface area (Å²) in [6, 6.07) is 4.81. The maximum Gasteiger partial charge on any atom is 0.241 e. The highest BCUT2D eigenvalue weighted by atomic mass is 35.5. The normalized spacial score (nSPS) is 20.9. The Labute approximate surface area is 123 Å². The zero-order valence-electron chi connectivity index (χ0n) is 11.4. The van der Waals surface area contributed by atoms with Gasteiger partial charge < -0.3 is 25.2 Å². The average Bonchev–Trinajstić information content (AvgIpc) is 2.85. The Morgan fingerprint density at radius 2 is 2.05 bits per heavy atom. The predicted molar refractivity (Wildman–Crippen MR) is 77.8 cm³/mol. The fraction of sp³-hybridized carbons (Fsp3) is 0.462. The summed E-state index contributed by atoms with van der Waals surface area (Å²) in [4.78, 5) is 12.0. The van der Waals surface area contributed by atoms with Gasteiger partial charge in [0.2, 0.25) is 5.91 Å². The van der Waals surface area contributed by atoms with E-state index in [0.29, 0.717) is 30.2 Å². The lowest BCUT2D eigenvalue weighted by molar-refractivity contribution is -0.117. The van der Waals surface area contributed by atoms with Gasteiger partial charge in [0.15, 0.2) is 11.5 Å². The SMILES string of the molecule is COc1ccc(NC(=O)C2CC(O)CN2)cc1OC.Cl. The zero-order chi connectivity index (χ0) is 13.8. The molecule has 1 fully saturated rings. The highest BCUT2D eigenvalue weighted by molar-refractivity contribution is 5.95. The van der Waals surface area contributed by atoms with Gasteiger partial charge in [-0.1, -0.05) is 0 Å². The van der Waals surface area contributed by atoms with Crippen LogP contribution in [-0.4, -0.2) is 43.9 Å². The molecule has 20 heavy (non-hydrogen) atoms. The number of rotatable bonds is 4. The molecule has 3 N–H and O–H groups in total. The summed E-state index contributed by atoms with van der Waals surface area (Å²) < 4.78 is 10.3. The molecule has 0 spiro atoms. The van der Waals surface area contributed by atoms with Crippen LogP contribution in [0, 0.1) is 0 Å². The minimum atomic E-state index is -0.457. The first-order valence-electron chi connectivity index (χ1n) is 6.08. The number of ether oxygens (including phenoxy) is 2. The minimum absolute atomic E-state index is 0. The number of nitrogens with one attached hydrogen (secondary N) is 2. The number of hydrogen-bond donors (Lipinski definition) is 3. The Morgan fingerprint density at radius 1 is 1.35 bits per heavy atom. The maximum absolute atomic E-state index is 12.0. The predicted octanol–water partition coefficient (Wildman–Crippen LogP) is 0.787. The van der Waals surface area contributed by atoms with E-state index in [0.717, 1.165) is 0 Å². The molecule has 1 aliphatic heterocycles. The second-order valence-corrected chi connectivity index (χ2v) is 4.41. The number of aliphatic hydroxyl groups excluding tert-OH is 1. The van der Waals surface area contributed by atoms with Gasteiger partial charge in [0, 0.05) is 18.3 Å². The Kier molecular flexibility index (Phi) is 6.06. The van der Waals surface area contributed by atoms with Crippen LogP contribution in [0.4, 0.5) is 5.69 Å². The molecule has 1 amide bonds. The summed E-state index contributed by atoms with van der Waals surface area (Å²) in [7, 11) is 3.10. The molecule has 0 saturated carbocycles. The second kappa shape index (κ2) is 7.33. The van der Waals surface area contributed by atoms with Crippen LogP contribution in [0.25, 0.3) is 0 Å². The molecule has 0 aliphatic carbocycles. The molecule has 0 bridgehead atoms. The van der Waals surface area contributed by atoms with E-state index in [2.05, 4.69) is 10.6 Å². The topological polar surface area (TPSA) is 79.8 Å². The molecular formula is C13H19ClN2O4. The van der Waals surface area contributed by atoms with Crippen LogP contribution in [0.5, 0.6) is 11.5 Å². The van der Waals surface area contributed by atoms with Gasteiger partial charge in [-0.05, 0) is 18.6 Å². The molecular weight excluding hydrogens is 284 g/mol. The summed E-state index contributed by atoms with van der Waals surface area (Å²) in [5, 5.41) is 15.1. The van der Waals surface area contributed by atoms with Crippen molar-refractivity contribution in [1.29, 1.82) is 0 Å². The first-order chi connectivity index (χ1) is 9.13. The van der Waals surface area contributed by atoms with Gasteiger partial charge in [-0.2, -0.15) is 0 Å². The fourth-order valence-electron chi connectivity index (χ4n) is 2.06. The number of benzene rings is 1. The Morgan fingerprint density at radius 3 is 2.60 bits per heavy atom. The van der Waals surface area contributed by atoms with Gasteiger partial charge in [-0.15, -0.1) is 12.4 Å². The molecule has 0 aromatic heterocycles. The van der Waals surface area contributed by atoms with E-state index in [1.54, 1.807) is 32.4 Å². The van der Waals surface area contributed by atoms with Gasteiger partial charge in [-0.3, -0.25) is 4.79 Å². The number of β-amino-alcohol motifs (C(OH)–C–C–N with tert-alkyl or cyclic N) is 1. The quantitative estimate of drug-likeness (QED) is 0.766. The third-order valence-corrected chi connectivity index (χ3v) is 3.08. The van der Waals surface area contributed by atoms with Crippen molar-refractivity contribution in [3.05, 3.63) is 18.2 Å².